The van der Waals surface area contributed by atoms with Gasteiger partial charge in [-0.3, -0.25) is 19.6 Å². The lowest BCUT2D eigenvalue weighted by atomic mass is 10.1. The maximum atomic E-state index is 10.3. The minimum absolute atomic E-state index is 0.0579. The molecule has 0 radical (unpaired) electrons. The van der Waals surface area contributed by atoms with Crippen LogP contribution in [0.1, 0.15) is 38.5 Å². The average Bonchev–Trinajstić information content (AvgIpc) is 2.53. The van der Waals surface area contributed by atoms with E-state index in [2.05, 4.69) is 9.98 Å². The molecule has 12 nitrogen and oxygen atoms in total. The Kier molecular flexibility index (Phi) is 15.7. The third-order valence-corrected chi connectivity index (χ3v) is 3.07. The minimum Gasteiger partial charge on any atom is -0.480 e. The second-order valence-electron chi connectivity index (χ2n) is 5.49. The first-order valence-electron chi connectivity index (χ1n) is 8.15. The lowest BCUT2D eigenvalue weighted by molar-refractivity contribution is -0.139. The van der Waals surface area contributed by atoms with Crippen molar-refractivity contribution in [1.29, 1.82) is 0 Å². The van der Waals surface area contributed by atoms with Crippen LogP contribution >= 0.6 is 0 Å². The van der Waals surface area contributed by atoms with Crippen molar-refractivity contribution in [3.63, 3.8) is 0 Å². The largest absolute Gasteiger partial charge is 0.480 e. The number of carboxylic acids is 2. The first-order valence-corrected chi connectivity index (χ1v) is 8.15. The highest BCUT2D eigenvalue weighted by molar-refractivity contribution is 5.76. The molecule has 0 spiro atoms. The van der Waals surface area contributed by atoms with Crippen molar-refractivity contribution in [2.24, 2.45) is 44.4 Å². The quantitative estimate of drug-likeness (QED) is 0.102. The summed E-state index contributed by atoms with van der Waals surface area (Å²) in [6.07, 6.45) is 3.83. The van der Waals surface area contributed by atoms with E-state index in [1.807, 2.05) is 0 Å². The molecule has 0 unspecified atom stereocenters. The van der Waals surface area contributed by atoms with Gasteiger partial charge in [-0.1, -0.05) is 0 Å². The van der Waals surface area contributed by atoms with Crippen LogP contribution < -0.4 is 34.4 Å². The van der Waals surface area contributed by atoms with Crippen LogP contribution in [0.15, 0.2) is 9.98 Å². The number of unbranched alkanes of at least 4 members (excludes halogenated alkanes) is 2. The summed E-state index contributed by atoms with van der Waals surface area (Å²) in [5.41, 5.74) is 30.9. The molecule has 152 valence electrons. The molecule has 0 fully saturated rings. The SMILES string of the molecule is NC(N)=NCCCC[C@@H](N)C(=O)O.NC(N)=NCCCC[C@H](N)C(=O)O. The molecule has 12 heteroatoms. The van der Waals surface area contributed by atoms with Crippen LogP contribution in [0.25, 0.3) is 0 Å². The number of carbonyl (C=O) groups is 2. The van der Waals surface area contributed by atoms with Crippen LogP contribution in [0.4, 0.5) is 0 Å². The van der Waals surface area contributed by atoms with Crippen molar-refractivity contribution in [3.8, 4) is 0 Å². The van der Waals surface area contributed by atoms with E-state index in [1.165, 1.54) is 0 Å². The van der Waals surface area contributed by atoms with Crippen LogP contribution in [0.5, 0.6) is 0 Å². The van der Waals surface area contributed by atoms with Gasteiger partial charge in [-0.2, -0.15) is 0 Å². The van der Waals surface area contributed by atoms with E-state index >= 15 is 0 Å². The molecule has 0 aromatic rings. The topological polar surface area (TPSA) is 255 Å². The van der Waals surface area contributed by atoms with Crippen LogP contribution in [-0.2, 0) is 9.59 Å². The Bertz CT molecular complexity index is 420. The van der Waals surface area contributed by atoms with Crippen molar-refractivity contribution in [2.45, 2.75) is 50.6 Å². The molecule has 2 atom stereocenters. The van der Waals surface area contributed by atoms with Gasteiger partial charge in [0.15, 0.2) is 11.9 Å². The number of aliphatic carboxylic acids is 2. The second-order valence-corrected chi connectivity index (χ2v) is 5.49. The molecular weight excluding hydrogens is 344 g/mol. The van der Waals surface area contributed by atoms with Crippen LogP contribution in [0.2, 0.25) is 0 Å². The maximum Gasteiger partial charge on any atom is 0.320 e. The van der Waals surface area contributed by atoms with Crippen molar-refractivity contribution < 1.29 is 19.8 Å². The van der Waals surface area contributed by atoms with E-state index in [-0.39, 0.29) is 11.9 Å². The highest BCUT2D eigenvalue weighted by Gasteiger charge is 2.10. The molecule has 0 rings (SSSR count). The predicted molar refractivity (Wildman–Crippen MR) is 100 cm³/mol. The zero-order chi connectivity index (χ0) is 20.5. The lowest BCUT2D eigenvalue weighted by Crippen LogP contribution is -2.29. The third kappa shape index (κ3) is 19.4. The molecule has 26 heavy (non-hydrogen) atoms. The number of nitrogens with zero attached hydrogens (tertiary/aromatic N) is 2. The number of carboxylic acid groups (broad SMARTS) is 2. The summed E-state index contributed by atoms with van der Waals surface area (Å²) < 4.78 is 0. The van der Waals surface area contributed by atoms with Gasteiger partial charge in [0.25, 0.3) is 0 Å². The number of nitrogens with two attached hydrogens (primary N) is 6. The minimum atomic E-state index is -0.971. The Labute approximate surface area is 152 Å². The van der Waals surface area contributed by atoms with Crippen molar-refractivity contribution >= 4 is 23.9 Å². The summed E-state index contributed by atoms with van der Waals surface area (Å²) in [6.45, 7) is 1.04. The lowest BCUT2D eigenvalue weighted by Gasteiger charge is -2.04. The van der Waals surface area contributed by atoms with E-state index in [1.54, 1.807) is 0 Å². The van der Waals surface area contributed by atoms with Crippen molar-refractivity contribution in [3.05, 3.63) is 0 Å². The van der Waals surface area contributed by atoms with E-state index in [9.17, 15) is 9.59 Å². The van der Waals surface area contributed by atoms with Gasteiger partial charge < -0.3 is 44.6 Å². The van der Waals surface area contributed by atoms with Crippen LogP contribution in [0, 0.1) is 0 Å². The molecule has 14 N–H and O–H groups in total. The fourth-order valence-electron chi connectivity index (χ4n) is 1.62. The number of hydrogen-bond donors (Lipinski definition) is 8. The zero-order valence-corrected chi connectivity index (χ0v) is 14.9. The third-order valence-electron chi connectivity index (χ3n) is 3.07. The summed E-state index contributed by atoms with van der Waals surface area (Å²) in [5, 5.41) is 16.9. The van der Waals surface area contributed by atoms with Gasteiger partial charge in [-0.05, 0) is 38.5 Å². The standard InChI is InChI=1S/2C7H16N4O2/c2*8-5(6(12)13)3-1-2-4-11-7(9)10/h2*5H,1-4,8H2,(H,12,13)(H4,9,10,11)/t2*5-/m10/s1. The molecule has 0 aliphatic rings. The van der Waals surface area contributed by atoms with Gasteiger partial charge in [-0.25, -0.2) is 0 Å². The number of rotatable bonds is 12. The fraction of sp³-hybridized carbons (Fsp3) is 0.714. The Morgan fingerprint density at radius 3 is 1.23 bits per heavy atom. The van der Waals surface area contributed by atoms with Crippen molar-refractivity contribution in [2.75, 3.05) is 13.1 Å². The molecule has 0 aliphatic carbocycles. The molecule has 0 amide bonds. The highest BCUT2D eigenvalue weighted by Crippen LogP contribution is 1.99. The van der Waals surface area contributed by atoms with E-state index in [4.69, 9.17) is 44.6 Å². The van der Waals surface area contributed by atoms with Gasteiger partial charge in [0.1, 0.15) is 12.1 Å². The van der Waals surface area contributed by atoms with Crippen molar-refractivity contribution in [1.82, 2.24) is 0 Å². The summed E-state index contributed by atoms with van der Waals surface area (Å²) in [6, 6.07) is -1.56. The Morgan fingerprint density at radius 1 is 0.692 bits per heavy atom. The molecule has 0 aromatic heterocycles. The molecule has 0 aliphatic heterocycles. The van der Waals surface area contributed by atoms with E-state index in [0.717, 1.165) is 12.8 Å². The number of aliphatic imine (C=N–C) groups is 2. The van der Waals surface area contributed by atoms with Gasteiger partial charge in [0.2, 0.25) is 0 Å². The number of guanidine groups is 2. The monoisotopic (exact) mass is 376 g/mol. The van der Waals surface area contributed by atoms with E-state index < -0.39 is 24.0 Å². The highest BCUT2D eigenvalue weighted by atomic mass is 16.4. The molecule has 0 aromatic carbocycles. The molecule has 0 bridgehead atoms. The summed E-state index contributed by atoms with van der Waals surface area (Å²) in [4.78, 5) is 28.1. The maximum absolute atomic E-state index is 10.3. The molecular formula is C14H32N8O4. The second kappa shape index (κ2) is 15.9. The predicted octanol–water partition coefficient (Wildman–Crippen LogP) is -2.32. The van der Waals surface area contributed by atoms with E-state index in [0.29, 0.717) is 38.8 Å². The van der Waals surface area contributed by atoms with Crippen LogP contribution in [0.3, 0.4) is 0 Å². The average molecular weight is 376 g/mol. The molecule has 0 saturated carbocycles. The molecule has 0 heterocycles. The summed E-state index contributed by atoms with van der Waals surface area (Å²) in [5.74, 6) is -1.83. The summed E-state index contributed by atoms with van der Waals surface area (Å²) in [7, 11) is 0. The normalized spacial score (nSPS) is 12.1. The van der Waals surface area contributed by atoms with Gasteiger partial charge in [0.05, 0.1) is 0 Å². The van der Waals surface area contributed by atoms with Gasteiger partial charge in [0, 0.05) is 13.1 Å². The Morgan fingerprint density at radius 2 is 1.00 bits per heavy atom. The fourth-order valence-corrected chi connectivity index (χ4v) is 1.62. The molecule has 0 saturated heterocycles. The van der Waals surface area contributed by atoms with Gasteiger partial charge in [-0.15, -0.1) is 0 Å². The number of hydrogen-bond acceptors (Lipinski definition) is 6. The zero-order valence-electron chi connectivity index (χ0n) is 14.9. The van der Waals surface area contributed by atoms with Gasteiger partial charge >= 0.3 is 11.9 Å². The van der Waals surface area contributed by atoms with Crippen LogP contribution in [-0.4, -0.2) is 59.2 Å². The Hall–Kier alpha value is -2.60. The smallest absolute Gasteiger partial charge is 0.320 e. The summed E-state index contributed by atoms with van der Waals surface area (Å²) >= 11 is 0. The Balaban J connectivity index is 0. The first-order chi connectivity index (χ1) is 12.1. The first kappa shape index (κ1) is 25.6.